The molecule has 1 aromatic rings. The number of benzene rings is 1. The number of rotatable bonds is 4. The fourth-order valence-corrected chi connectivity index (χ4v) is 1.79. The highest BCUT2D eigenvalue weighted by atomic mass is 19.4. The number of anilines is 1. The molecule has 0 bridgehead atoms. The van der Waals surface area contributed by atoms with Crippen LogP contribution < -0.4 is 10.6 Å². The lowest BCUT2D eigenvalue weighted by Crippen LogP contribution is -2.35. The van der Waals surface area contributed by atoms with E-state index < -0.39 is 24.5 Å². The molecule has 0 radical (unpaired) electrons. The molecule has 6 heteroatoms. The average Bonchev–Trinajstić information content (AvgIpc) is 2.26. The summed E-state index contributed by atoms with van der Waals surface area (Å²) in [4.78, 5) is 11.8. The molecular formula is C13H17F3N2O. The number of hydrogen-bond acceptors (Lipinski definition) is 2. The molecule has 1 atom stereocenters. The molecule has 106 valence electrons. The second-order valence-corrected chi connectivity index (χ2v) is 4.47. The minimum atomic E-state index is -4.28. The van der Waals surface area contributed by atoms with Gasteiger partial charge in [0.1, 0.15) is 0 Å². The lowest BCUT2D eigenvalue weighted by molar-refractivity contribution is -0.138. The van der Waals surface area contributed by atoms with Crippen molar-refractivity contribution in [1.29, 1.82) is 0 Å². The fraction of sp³-hybridized carbons (Fsp3) is 0.462. The molecule has 1 amide bonds. The van der Waals surface area contributed by atoms with Gasteiger partial charge in [-0.05, 0) is 37.6 Å². The van der Waals surface area contributed by atoms with Gasteiger partial charge in [0.15, 0.2) is 0 Å². The standard InChI is InChI=1S/C13H17F3N2O/c1-8-6-10(4-5-11(8)17-3)12(19)18-9(2)7-13(14,15)16/h4-6,9,17H,7H2,1-3H3,(H,18,19). The zero-order valence-electron chi connectivity index (χ0n) is 11.1. The first kappa shape index (κ1) is 15.3. The Morgan fingerprint density at radius 3 is 2.47 bits per heavy atom. The molecule has 0 aliphatic heterocycles. The van der Waals surface area contributed by atoms with Crippen LogP contribution >= 0.6 is 0 Å². The average molecular weight is 274 g/mol. The third-order valence-corrected chi connectivity index (χ3v) is 2.67. The molecular weight excluding hydrogens is 257 g/mol. The van der Waals surface area contributed by atoms with Gasteiger partial charge in [0.25, 0.3) is 5.91 Å². The van der Waals surface area contributed by atoms with Crippen LogP contribution in [0.25, 0.3) is 0 Å². The number of carbonyl (C=O) groups is 1. The van der Waals surface area contributed by atoms with Crippen molar-refractivity contribution in [2.75, 3.05) is 12.4 Å². The van der Waals surface area contributed by atoms with E-state index in [4.69, 9.17) is 0 Å². The number of halogens is 3. The fourth-order valence-electron chi connectivity index (χ4n) is 1.79. The molecule has 19 heavy (non-hydrogen) atoms. The van der Waals surface area contributed by atoms with E-state index in [1.807, 2.05) is 6.92 Å². The SMILES string of the molecule is CNc1ccc(C(=O)NC(C)CC(F)(F)F)cc1C. The monoisotopic (exact) mass is 274 g/mol. The van der Waals surface area contributed by atoms with E-state index in [-0.39, 0.29) is 0 Å². The van der Waals surface area contributed by atoms with Crippen LogP contribution in [0.5, 0.6) is 0 Å². The number of aryl methyl sites for hydroxylation is 1. The van der Waals surface area contributed by atoms with Gasteiger partial charge in [-0.3, -0.25) is 4.79 Å². The minimum Gasteiger partial charge on any atom is -0.388 e. The summed E-state index contributed by atoms with van der Waals surface area (Å²) in [5.74, 6) is -0.498. The number of alkyl halides is 3. The predicted octanol–water partition coefficient (Wildman–Crippen LogP) is 3.11. The molecule has 1 rings (SSSR count). The Kier molecular flexibility index (Phi) is 4.80. The highest BCUT2D eigenvalue weighted by Crippen LogP contribution is 2.21. The highest BCUT2D eigenvalue weighted by molar-refractivity contribution is 5.95. The number of carbonyl (C=O) groups excluding carboxylic acids is 1. The minimum absolute atomic E-state index is 0.352. The lowest BCUT2D eigenvalue weighted by atomic mass is 10.1. The van der Waals surface area contributed by atoms with Crippen LogP contribution in [-0.4, -0.2) is 25.2 Å². The van der Waals surface area contributed by atoms with Gasteiger partial charge >= 0.3 is 6.18 Å². The predicted molar refractivity (Wildman–Crippen MR) is 68.3 cm³/mol. The van der Waals surface area contributed by atoms with Gasteiger partial charge in [0, 0.05) is 24.3 Å². The first-order valence-corrected chi connectivity index (χ1v) is 5.89. The maximum atomic E-state index is 12.2. The molecule has 0 saturated heterocycles. The summed E-state index contributed by atoms with van der Waals surface area (Å²) in [6, 6.07) is 3.99. The van der Waals surface area contributed by atoms with Crippen LogP contribution in [0.4, 0.5) is 18.9 Å². The quantitative estimate of drug-likeness (QED) is 0.885. The van der Waals surface area contributed by atoms with Crippen LogP contribution in [0.3, 0.4) is 0 Å². The van der Waals surface area contributed by atoms with Crippen molar-refractivity contribution in [3.8, 4) is 0 Å². The zero-order valence-corrected chi connectivity index (χ0v) is 11.1. The smallest absolute Gasteiger partial charge is 0.388 e. The summed E-state index contributed by atoms with van der Waals surface area (Å²) in [6.45, 7) is 3.15. The Balaban J connectivity index is 2.71. The van der Waals surface area contributed by atoms with E-state index in [1.54, 1.807) is 25.2 Å². The largest absolute Gasteiger partial charge is 0.391 e. The van der Waals surface area contributed by atoms with Crippen LogP contribution in [-0.2, 0) is 0 Å². The Bertz CT molecular complexity index is 458. The molecule has 2 N–H and O–H groups in total. The normalized spacial score (nSPS) is 12.9. The molecule has 0 fully saturated rings. The second-order valence-electron chi connectivity index (χ2n) is 4.47. The van der Waals surface area contributed by atoms with Gasteiger partial charge < -0.3 is 10.6 Å². The summed E-state index contributed by atoms with van der Waals surface area (Å²) >= 11 is 0. The van der Waals surface area contributed by atoms with E-state index >= 15 is 0 Å². The molecule has 1 unspecified atom stereocenters. The van der Waals surface area contributed by atoms with Crippen molar-refractivity contribution in [3.05, 3.63) is 29.3 Å². The van der Waals surface area contributed by atoms with Gasteiger partial charge in [-0.15, -0.1) is 0 Å². The lowest BCUT2D eigenvalue weighted by Gasteiger charge is -2.16. The first-order chi connectivity index (χ1) is 8.73. The van der Waals surface area contributed by atoms with E-state index in [9.17, 15) is 18.0 Å². The Labute approximate surface area is 110 Å². The Morgan fingerprint density at radius 1 is 1.37 bits per heavy atom. The topological polar surface area (TPSA) is 41.1 Å². The van der Waals surface area contributed by atoms with Gasteiger partial charge in [-0.25, -0.2) is 0 Å². The molecule has 0 aliphatic rings. The zero-order chi connectivity index (χ0) is 14.6. The number of hydrogen-bond donors (Lipinski definition) is 2. The molecule has 0 aromatic heterocycles. The number of amides is 1. The second kappa shape index (κ2) is 5.95. The van der Waals surface area contributed by atoms with Gasteiger partial charge in [0.05, 0.1) is 6.42 Å². The van der Waals surface area contributed by atoms with Gasteiger partial charge in [-0.1, -0.05) is 0 Å². The molecule has 0 heterocycles. The molecule has 0 aliphatic carbocycles. The van der Waals surface area contributed by atoms with Crippen molar-refractivity contribution >= 4 is 11.6 Å². The summed E-state index contributed by atoms with van der Waals surface area (Å²) in [7, 11) is 1.76. The molecule has 3 nitrogen and oxygen atoms in total. The number of nitrogens with one attached hydrogen (secondary N) is 2. The Hall–Kier alpha value is -1.72. The van der Waals surface area contributed by atoms with Gasteiger partial charge in [-0.2, -0.15) is 13.2 Å². The maximum Gasteiger partial charge on any atom is 0.391 e. The van der Waals surface area contributed by atoms with Crippen molar-refractivity contribution in [2.45, 2.75) is 32.5 Å². The molecule has 0 spiro atoms. The van der Waals surface area contributed by atoms with Crippen LogP contribution in [0.2, 0.25) is 0 Å². The van der Waals surface area contributed by atoms with E-state index in [1.165, 1.54) is 6.92 Å². The van der Waals surface area contributed by atoms with E-state index in [0.29, 0.717) is 5.56 Å². The van der Waals surface area contributed by atoms with Gasteiger partial charge in [0.2, 0.25) is 0 Å². The highest BCUT2D eigenvalue weighted by Gasteiger charge is 2.30. The van der Waals surface area contributed by atoms with Crippen molar-refractivity contribution < 1.29 is 18.0 Å². The summed E-state index contributed by atoms with van der Waals surface area (Å²) in [5, 5.41) is 5.29. The third-order valence-electron chi connectivity index (χ3n) is 2.67. The third kappa shape index (κ3) is 4.81. The summed E-state index contributed by atoms with van der Waals surface area (Å²) < 4.78 is 36.5. The molecule has 1 aromatic carbocycles. The molecule has 0 saturated carbocycles. The maximum absolute atomic E-state index is 12.2. The summed E-state index contributed by atoms with van der Waals surface area (Å²) in [5.41, 5.74) is 2.09. The first-order valence-electron chi connectivity index (χ1n) is 5.89. The van der Waals surface area contributed by atoms with Crippen LogP contribution in [0.1, 0.15) is 29.3 Å². The van der Waals surface area contributed by atoms with Crippen molar-refractivity contribution in [1.82, 2.24) is 5.32 Å². The van der Waals surface area contributed by atoms with E-state index in [0.717, 1.165) is 11.3 Å². The van der Waals surface area contributed by atoms with Crippen molar-refractivity contribution in [2.24, 2.45) is 0 Å². The Morgan fingerprint density at radius 2 is 2.00 bits per heavy atom. The summed E-state index contributed by atoms with van der Waals surface area (Å²) in [6.07, 6.45) is -5.31. The van der Waals surface area contributed by atoms with Crippen LogP contribution in [0.15, 0.2) is 18.2 Å². The van der Waals surface area contributed by atoms with Crippen LogP contribution in [0, 0.1) is 6.92 Å². The van der Waals surface area contributed by atoms with E-state index in [2.05, 4.69) is 10.6 Å². The van der Waals surface area contributed by atoms with Crippen molar-refractivity contribution in [3.63, 3.8) is 0 Å².